The van der Waals surface area contributed by atoms with Crippen LogP contribution in [0.25, 0.3) is 11.5 Å². The van der Waals surface area contributed by atoms with E-state index in [4.69, 9.17) is 4.42 Å². The van der Waals surface area contributed by atoms with Crippen LogP contribution < -0.4 is 5.32 Å². The van der Waals surface area contributed by atoms with E-state index >= 15 is 0 Å². The molecule has 0 aliphatic heterocycles. The van der Waals surface area contributed by atoms with Crippen molar-refractivity contribution in [2.75, 3.05) is 12.4 Å². The lowest BCUT2D eigenvalue weighted by atomic mass is 10.2. The summed E-state index contributed by atoms with van der Waals surface area (Å²) in [6, 6.07) is 5.06. The van der Waals surface area contributed by atoms with Gasteiger partial charge in [0.2, 0.25) is 0 Å². The smallest absolute Gasteiger partial charge is 0.416 e. The van der Waals surface area contributed by atoms with Crippen LogP contribution in [0.1, 0.15) is 5.56 Å². The van der Waals surface area contributed by atoms with E-state index < -0.39 is 11.7 Å². The van der Waals surface area contributed by atoms with E-state index in [9.17, 15) is 13.2 Å². The minimum absolute atomic E-state index is 0.145. The van der Waals surface area contributed by atoms with Crippen molar-refractivity contribution < 1.29 is 17.6 Å². The molecule has 2 aromatic rings. The first-order valence-corrected chi connectivity index (χ1v) is 4.81. The van der Waals surface area contributed by atoms with Crippen molar-refractivity contribution in [2.24, 2.45) is 0 Å². The van der Waals surface area contributed by atoms with E-state index in [1.165, 1.54) is 13.3 Å². The van der Waals surface area contributed by atoms with Gasteiger partial charge in [-0.2, -0.15) is 13.2 Å². The molecule has 1 N–H and O–H groups in total. The maximum Gasteiger partial charge on any atom is 0.416 e. The third-order valence-corrected chi connectivity index (χ3v) is 2.18. The first kappa shape index (κ1) is 11.5. The highest BCUT2D eigenvalue weighted by Crippen LogP contribution is 2.33. The number of rotatable bonds is 2. The Hall–Kier alpha value is -1.98. The molecule has 0 aromatic carbocycles. The topological polar surface area (TPSA) is 38.1 Å². The Morgan fingerprint density at radius 3 is 2.59 bits per heavy atom. The fourth-order valence-electron chi connectivity index (χ4n) is 1.37. The second-order valence-electron chi connectivity index (χ2n) is 3.35. The van der Waals surface area contributed by atoms with Gasteiger partial charge in [0.05, 0.1) is 11.8 Å². The number of anilines is 1. The second-order valence-corrected chi connectivity index (χ2v) is 3.35. The van der Waals surface area contributed by atoms with E-state index in [0.29, 0.717) is 5.76 Å². The fraction of sp³-hybridized carbons (Fsp3) is 0.182. The molecule has 0 unspecified atom stereocenters. The van der Waals surface area contributed by atoms with Crippen molar-refractivity contribution in [1.29, 1.82) is 0 Å². The van der Waals surface area contributed by atoms with E-state index in [2.05, 4.69) is 10.3 Å². The van der Waals surface area contributed by atoms with E-state index in [1.807, 2.05) is 0 Å². The molecule has 0 spiro atoms. The summed E-state index contributed by atoms with van der Waals surface area (Å²) in [6.07, 6.45) is -3.02. The number of halogens is 3. The Labute approximate surface area is 95.3 Å². The predicted molar refractivity (Wildman–Crippen MR) is 56.5 cm³/mol. The Balaban J connectivity index is 2.54. The van der Waals surface area contributed by atoms with Crippen molar-refractivity contribution in [3.63, 3.8) is 0 Å². The molecule has 0 atom stereocenters. The fourth-order valence-corrected chi connectivity index (χ4v) is 1.37. The first-order chi connectivity index (χ1) is 8.00. The molecular formula is C11H9F3N2O. The summed E-state index contributed by atoms with van der Waals surface area (Å²) in [5, 5.41) is 2.59. The molecule has 2 heterocycles. The van der Waals surface area contributed by atoms with Gasteiger partial charge in [0.1, 0.15) is 11.5 Å². The van der Waals surface area contributed by atoms with Gasteiger partial charge in [-0.1, -0.05) is 0 Å². The zero-order valence-corrected chi connectivity index (χ0v) is 8.88. The summed E-state index contributed by atoms with van der Waals surface area (Å²) < 4.78 is 42.9. The number of hydrogen-bond acceptors (Lipinski definition) is 3. The van der Waals surface area contributed by atoms with Crippen molar-refractivity contribution in [3.05, 3.63) is 36.1 Å². The summed E-state index contributed by atoms with van der Waals surface area (Å²) in [4.78, 5) is 4.00. The van der Waals surface area contributed by atoms with Crippen molar-refractivity contribution >= 4 is 5.82 Å². The van der Waals surface area contributed by atoms with Crippen LogP contribution in [0.2, 0.25) is 0 Å². The maximum atomic E-state index is 12.6. The number of hydrogen-bond donors (Lipinski definition) is 1. The molecule has 3 nitrogen and oxygen atoms in total. The molecule has 0 fully saturated rings. The summed E-state index contributed by atoms with van der Waals surface area (Å²) in [5.41, 5.74) is -0.613. The Morgan fingerprint density at radius 1 is 1.29 bits per heavy atom. The number of alkyl halides is 3. The average Bonchev–Trinajstić information content (AvgIpc) is 2.80. The molecule has 0 radical (unpaired) electrons. The summed E-state index contributed by atoms with van der Waals surface area (Å²) in [7, 11) is 1.51. The van der Waals surface area contributed by atoms with Gasteiger partial charge >= 0.3 is 6.18 Å². The number of furan rings is 1. The van der Waals surface area contributed by atoms with Crippen molar-refractivity contribution in [2.45, 2.75) is 6.18 Å². The number of nitrogens with zero attached hydrogens (tertiary/aromatic N) is 1. The van der Waals surface area contributed by atoms with Crippen molar-refractivity contribution in [1.82, 2.24) is 4.98 Å². The summed E-state index contributed by atoms with van der Waals surface area (Å²) >= 11 is 0. The molecule has 0 bridgehead atoms. The maximum absolute atomic E-state index is 12.6. The zero-order valence-electron chi connectivity index (χ0n) is 8.88. The van der Waals surface area contributed by atoms with Gasteiger partial charge in [-0.15, -0.1) is 0 Å². The molecular weight excluding hydrogens is 233 g/mol. The van der Waals surface area contributed by atoms with Gasteiger partial charge in [-0.25, -0.2) is 4.98 Å². The second kappa shape index (κ2) is 4.12. The van der Waals surface area contributed by atoms with Gasteiger partial charge in [-0.05, 0) is 24.3 Å². The molecule has 2 rings (SSSR count). The van der Waals surface area contributed by atoms with E-state index in [0.717, 1.165) is 12.1 Å². The van der Waals surface area contributed by atoms with Crippen LogP contribution in [-0.2, 0) is 6.18 Å². The van der Waals surface area contributed by atoms with Crippen LogP contribution in [0.5, 0.6) is 0 Å². The van der Waals surface area contributed by atoms with Crippen molar-refractivity contribution in [3.8, 4) is 11.5 Å². The standard InChI is InChI=1S/C11H9F3N2O/c1-15-10-6-7(11(12,13)14)5-8(16-10)9-3-2-4-17-9/h2-6H,1H3,(H,15,16). The molecule has 0 saturated carbocycles. The first-order valence-electron chi connectivity index (χ1n) is 4.81. The van der Waals surface area contributed by atoms with E-state index in [1.54, 1.807) is 12.1 Å². The molecule has 0 saturated heterocycles. The minimum atomic E-state index is -4.41. The lowest BCUT2D eigenvalue weighted by molar-refractivity contribution is -0.137. The molecule has 0 aliphatic rings. The Bertz CT molecular complexity index is 506. The molecule has 2 aromatic heterocycles. The predicted octanol–water partition coefficient (Wildman–Crippen LogP) is 3.40. The SMILES string of the molecule is CNc1cc(C(F)(F)F)cc(-c2ccco2)n1. The lowest BCUT2D eigenvalue weighted by Crippen LogP contribution is -2.07. The third kappa shape index (κ3) is 2.41. The normalized spacial score (nSPS) is 11.5. The van der Waals surface area contributed by atoms with Crippen LogP contribution in [0.4, 0.5) is 19.0 Å². The highest BCUT2D eigenvalue weighted by atomic mass is 19.4. The van der Waals surface area contributed by atoms with E-state index in [-0.39, 0.29) is 11.5 Å². The highest BCUT2D eigenvalue weighted by Gasteiger charge is 2.31. The number of nitrogens with one attached hydrogen (secondary N) is 1. The lowest BCUT2D eigenvalue weighted by Gasteiger charge is -2.10. The average molecular weight is 242 g/mol. The Morgan fingerprint density at radius 2 is 2.06 bits per heavy atom. The molecule has 0 aliphatic carbocycles. The summed E-state index contributed by atoms with van der Waals surface area (Å²) in [5.74, 6) is 0.443. The number of aromatic nitrogens is 1. The number of pyridine rings is 1. The van der Waals surface area contributed by atoms with Crippen LogP contribution in [0.3, 0.4) is 0 Å². The summed E-state index contributed by atoms with van der Waals surface area (Å²) in [6.45, 7) is 0. The van der Waals surface area contributed by atoms with Gasteiger partial charge in [0.25, 0.3) is 0 Å². The van der Waals surface area contributed by atoms with Crippen LogP contribution in [0, 0.1) is 0 Å². The van der Waals surface area contributed by atoms with Crippen LogP contribution >= 0.6 is 0 Å². The quantitative estimate of drug-likeness (QED) is 0.877. The molecule has 90 valence electrons. The minimum Gasteiger partial charge on any atom is -0.463 e. The molecule has 17 heavy (non-hydrogen) atoms. The largest absolute Gasteiger partial charge is 0.463 e. The monoisotopic (exact) mass is 242 g/mol. The van der Waals surface area contributed by atoms with Crippen LogP contribution in [0.15, 0.2) is 34.9 Å². The third-order valence-electron chi connectivity index (χ3n) is 2.18. The zero-order chi connectivity index (χ0) is 12.5. The van der Waals surface area contributed by atoms with Gasteiger partial charge < -0.3 is 9.73 Å². The Kier molecular flexibility index (Phi) is 2.79. The van der Waals surface area contributed by atoms with Crippen LogP contribution in [-0.4, -0.2) is 12.0 Å². The van der Waals surface area contributed by atoms with Gasteiger partial charge in [0, 0.05) is 7.05 Å². The van der Waals surface area contributed by atoms with Gasteiger partial charge in [0.15, 0.2) is 5.76 Å². The highest BCUT2D eigenvalue weighted by molar-refractivity contribution is 5.57. The molecule has 6 heteroatoms. The van der Waals surface area contributed by atoms with Gasteiger partial charge in [-0.3, -0.25) is 0 Å². The molecule has 0 amide bonds.